The smallest absolute Gasteiger partial charge is 0.124 e. The van der Waals surface area contributed by atoms with Crippen LogP contribution in [0.4, 0.5) is 4.39 Å². The summed E-state index contributed by atoms with van der Waals surface area (Å²) in [5.74, 6) is 1.42. The van der Waals surface area contributed by atoms with Crippen molar-refractivity contribution in [2.24, 2.45) is 5.92 Å². The van der Waals surface area contributed by atoms with Gasteiger partial charge in [-0.05, 0) is 73.7 Å². The summed E-state index contributed by atoms with van der Waals surface area (Å²) in [7, 11) is 3.42. The minimum atomic E-state index is -0.139. The van der Waals surface area contributed by atoms with Gasteiger partial charge in [-0.2, -0.15) is 0 Å². The largest absolute Gasteiger partial charge is 0.496 e. The second-order valence-electron chi connectivity index (χ2n) is 8.60. The third kappa shape index (κ3) is 7.30. The molecule has 170 valence electrons. The van der Waals surface area contributed by atoms with Crippen molar-refractivity contribution in [3.63, 3.8) is 0 Å². The Morgan fingerprint density at radius 2 is 2.00 bits per heavy atom. The van der Waals surface area contributed by atoms with Crippen molar-refractivity contribution in [1.29, 1.82) is 0 Å². The Bertz CT molecular complexity index is 814. The molecule has 1 saturated heterocycles. The second kappa shape index (κ2) is 12.2. The highest BCUT2D eigenvalue weighted by Gasteiger charge is 2.22. The van der Waals surface area contributed by atoms with E-state index in [1.54, 1.807) is 26.4 Å². The minimum absolute atomic E-state index is 0.139. The molecule has 31 heavy (non-hydrogen) atoms. The fourth-order valence-electron chi connectivity index (χ4n) is 4.61. The Hall–Kier alpha value is -1.95. The molecule has 0 amide bonds. The van der Waals surface area contributed by atoms with Crippen LogP contribution in [0.15, 0.2) is 42.5 Å². The fraction of sp³-hybridized carbons (Fsp3) is 0.538. The lowest BCUT2D eigenvalue weighted by molar-refractivity contribution is 0.133. The molecule has 0 spiro atoms. The maximum atomic E-state index is 13.4. The van der Waals surface area contributed by atoms with Gasteiger partial charge >= 0.3 is 0 Å². The summed E-state index contributed by atoms with van der Waals surface area (Å²) in [5.41, 5.74) is 3.48. The third-order valence-electron chi connectivity index (χ3n) is 6.22. The highest BCUT2D eigenvalue weighted by atomic mass is 19.1. The molecular weight excluding hydrogens is 391 g/mol. The van der Waals surface area contributed by atoms with Crippen LogP contribution in [-0.2, 0) is 24.3 Å². The predicted octanol–water partition coefficient (Wildman–Crippen LogP) is 4.76. The quantitative estimate of drug-likeness (QED) is 0.515. The molecular formula is C26H37FN2O2. The van der Waals surface area contributed by atoms with Crippen molar-refractivity contribution in [3.8, 4) is 5.75 Å². The van der Waals surface area contributed by atoms with Crippen LogP contribution in [0.2, 0.25) is 0 Å². The molecule has 4 nitrogen and oxygen atoms in total. The number of hydrogen-bond donors (Lipinski definition) is 0. The van der Waals surface area contributed by atoms with E-state index < -0.39 is 0 Å². The zero-order chi connectivity index (χ0) is 22.1. The number of benzene rings is 2. The average molecular weight is 429 g/mol. The first-order valence-corrected chi connectivity index (χ1v) is 11.4. The van der Waals surface area contributed by atoms with E-state index in [-0.39, 0.29) is 5.82 Å². The first kappa shape index (κ1) is 23.7. The summed E-state index contributed by atoms with van der Waals surface area (Å²) in [4.78, 5) is 5.09. The molecule has 0 aromatic heterocycles. The minimum Gasteiger partial charge on any atom is -0.496 e. The zero-order valence-corrected chi connectivity index (χ0v) is 19.3. The number of halogens is 1. The van der Waals surface area contributed by atoms with E-state index in [1.165, 1.54) is 24.5 Å². The topological polar surface area (TPSA) is 24.9 Å². The van der Waals surface area contributed by atoms with Gasteiger partial charge in [0, 0.05) is 38.9 Å². The van der Waals surface area contributed by atoms with Gasteiger partial charge in [0.15, 0.2) is 0 Å². The van der Waals surface area contributed by atoms with E-state index in [0.717, 1.165) is 62.6 Å². The molecule has 2 aromatic carbocycles. The molecule has 0 radical (unpaired) electrons. The number of ether oxygens (including phenoxy) is 2. The summed E-state index contributed by atoms with van der Waals surface area (Å²) in [5, 5.41) is 0. The highest BCUT2D eigenvalue weighted by Crippen LogP contribution is 2.23. The van der Waals surface area contributed by atoms with Crippen LogP contribution in [0.1, 0.15) is 36.5 Å². The Morgan fingerprint density at radius 1 is 1.13 bits per heavy atom. The molecule has 1 aliphatic heterocycles. The van der Waals surface area contributed by atoms with Crippen LogP contribution in [0.25, 0.3) is 0 Å². The number of rotatable bonds is 11. The number of likely N-dealkylation sites (tertiary alicyclic amines) is 1. The van der Waals surface area contributed by atoms with E-state index >= 15 is 0 Å². The van der Waals surface area contributed by atoms with E-state index in [9.17, 15) is 4.39 Å². The molecule has 0 bridgehead atoms. The lowest BCUT2D eigenvalue weighted by Crippen LogP contribution is -2.41. The van der Waals surface area contributed by atoms with Crippen LogP contribution in [-0.4, -0.2) is 56.7 Å². The van der Waals surface area contributed by atoms with Gasteiger partial charge < -0.3 is 14.4 Å². The molecule has 0 aliphatic carbocycles. The molecule has 5 heteroatoms. The molecule has 1 aliphatic rings. The van der Waals surface area contributed by atoms with Crippen LogP contribution < -0.4 is 4.74 Å². The van der Waals surface area contributed by atoms with Crippen molar-refractivity contribution in [2.45, 2.75) is 39.3 Å². The number of hydrogen-bond acceptors (Lipinski definition) is 4. The van der Waals surface area contributed by atoms with Crippen molar-refractivity contribution >= 4 is 0 Å². The van der Waals surface area contributed by atoms with Gasteiger partial charge in [-0.1, -0.05) is 25.1 Å². The second-order valence-corrected chi connectivity index (χ2v) is 8.60. The van der Waals surface area contributed by atoms with Gasteiger partial charge in [0.2, 0.25) is 0 Å². The lowest BCUT2D eigenvalue weighted by atomic mass is 9.96. The predicted molar refractivity (Wildman–Crippen MR) is 124 cm³/mol. The fourth-order valence-corrected chi connectivity index (χ4v) is 4.61. The molecule has 3 rings (SSSR count). The number of piperidine rings is 1. The highest BCUT2D eigenvalue weighted by molar-refractivity contribution is 5.37. The molecule has 1 atom stereocenters. The maximum Gasteiger partial charge on any atom is 0.124 e. The van der Waals surface area contributed by atoms with Crippen molar-refractivity contribution < 1.29 is 13.9 Å². The SMILES string of the molecule is CCN(Cc1ccc(OC)c(COC)c1)C[C@@H]1CCCN(CCc2cccc(F)c2)C1. The van der Waals surface area contributed by atoms with E-state index in [1.807, 2.05) is 12.1 Å². The van der Waals surface area contributed by atoms with Gasteiger partial charge in [0.1, 0.15) is 11.6 Å². The summed E-state index contributed by atoms with van der Waals surface area (Å²) in [6, 6.07) is 13.4. The van der Waals surface area contributed by atoms with Crippen LogP contribution >= 0.6 is 0 Å². The van der Waals surface area contributed by atoms with Gasteiger partial charge in [-0.25, -0.2) is 4.39 Å². The van der Waals surface area contributed by atoms with Crippen LogP contribution in [0.5, 0.6) is 5.75 Å². The summed E-state index contributed by atoms with van der Waals surface area (Å²) in [6.45, 7) is 9.17. The molecule has 1 heterocycles. The maximum absolute atomic E-state index is 13.4. The van der Waals surface area contributed by atoms with Gasteiger partial charge in [-0.3, -0.25) is 4.90 Å². The van der Waals surface area contributed by atoms with Crippen LogP contribution in [0, 0.1) is 11.7 Å². The van der Waals surface area contributed by atoms with E-state index in [2.05, 4.69) is 28.9 Å². The number of nitrogens with zero attached hydrogens (tertiary/aromatic N) is 2. The standard InChI is InChI=1S/C26H37FN2O2/c1-4-28(17-22-10-11-26(31-3)24(15-22)20-30-2)18-23-8-6-13-29(19-23)14-12-21-7-5-9-25(27)16-21/h5,7,9-11,15-16,23H,4,6,8,12-14,17-20H2,1-3H3/t23-/m0/s1. The van der Waals surface area contributed by atoms with Crippen molar-refractivity contribution in [1.82, 2.24) is 9.80 Å². The summed E-state index contributed by atoms with van der Waals surface area (Å²) < 4.78 is 24.2. The molecule has 1 fully saturated rings. The lowest BCUT2D eigenvalue weighted by Gasteiger charge is -2.35. The molecule has 0 unspecified atom stereocenters. The van der Waals surface area contributed by atoms with E-state index in [4.69, 9.17) is 9.47 Å². The van der Waals surface area contributed by atoms with Crippen LogP contribution in [0.3, 0.4) is 0 Å². The van der Waals surface area contributed by atoms with Crippen molar-refractivity contribution in [3.05, 3.63) is 65.0 Å². The van der Waals surface area contributed by atoms with E-state index in [0.29, 0.717) is 12.5 Å². The first-order valence-electron chi connectivity index (χ1n) is 11.4. The normalized spacial score (nSPS) is 17.3. The molecule has 0 N–H and O–H groups in total. The van der Waals surface area contributed by atoms with Gasteiger partial charge in [0.05, 0.1) is 13.7 Å². The first-order chi connectivity index (χ1) is 15.1. The van der Waals surface area contributed by atoms with Crippen molar-refractivity contribution in [2.75, 3.05) is 46.9 Å². The third-order valence-corrected chi connectivity index (χ3v) is 6.22. The zero-order valence-electron chi connectivity index (χ0n) is 19.3. The molecule has 2 aromatic rings. The summed E-state index contributed by atoms with van der Waals surface area (Å²) in [6.07, 6.45) is 3.44. The molecule has 0 saturated carbocycles. The Kier molecular flexibility index (Phi) is 9.31. The van der Waals surface area contributed by atoms with Gasteiger partial charge in [-0.15, -0.1) is 0 Å². The Morgan fingerprint density at radius 3 is 2.74 bits per heavy atom. The summed E-state index contributed by atoms with van der Waals surface area (Å²) >= 11 is 0. The Labute approximate surface area is 187 Å². The number of methoxy groups -OCH3 is 2. The monoisotopic (exact) mass is 428 g/mol. The van der Waals surface area contributed by atoms with Gasteiger partial charge in [0.25, 0.3) is 0 Å². The average Bonchev–Trinajstić information content (AvgIpc) is 2.78. The Balaban J connectivity index is 1.53.